The average Bonchev–Trinajstić information content (AvgIpc) is 2.00. The van der Waals surface area contributed by atoms with Gasteiger partial charge in [0.15, 0.2) is 0 Å². The molecule has 0 saturated carbocycles. The zero-order valence-electron chi connectivity index (χ0n) is 9.02. The first-order valence-electron chi connectivity index (χ1n) is 5.01. The van der Waals surface area contributed by atoms with Crippen molar-refractivity contribution in [2.75, 3.05) is 13.2 Å². The summed E-state index contributed by atoms with van der Waals surface area (Å²) in [7, 11) is 0. The molecule has 1 unspecified atom stereocenters. The van der Waals surface area contributed by atoms with Gasteiger partial charge in [-0.15, -0.1) is 0 Å². The Kier molecular flexibility index (Phi) is 3.51. The molecule has 2 nitrogen and oxygen atoms in total. The van der Waals surface area contributed by atoms with Crippen LogP contribution in [0.5, 0.6) is 0 Å². The Morgan fingerprint density at radius 2 is 2.23 bits per heavy atom. The van der Waals surface area contributed by atoms with Crippen LogP contribution >= 0.6 is 0 Å². The van der Waals surface area contributed by atoms with E-state index >= 15 is 0 Å². The summed E-state index contributed by atoms with van der Waals surface area (Å²) >= 11 is 0. The minimum absolute atomic E-state index is 0.0273. The van der Waals surface area contributed by atoms with E-state index in [1.54, 1.807) is 0 Å². The fraction of sp³-hybridized carbons (Fsp3) is 0.818. The summed E-state index contributed by atoms with van der Waals surface area (Å²) in [4.78, 5) is 0. The molecule has 2 heteroatoms. The van der Waals surface area contributed by atoms with Crippen molar-refractivity contribution >= 4 is 0 Å². The minimum atomic E-state index is -0.0273. The topological polar surface area (TPSA) is 21.3 Å². The van der Waals surface area contributed by atoms with Crippen molar-refractivity contribution in [2.24, 2.45) is 0 Å². The van der Waals surface area contributed by atoms with Gasteiger partial charge in [0, 0.05) is 6.04 Å². The van der Waals surface area contributed by atoms with Crippen LogP contribution in [0.2, 0.25) is 0 Å². The number of hydrogen-bond acceptors (Lipinski definition) is 2. The van der Waals surface area contributed by atoms with Gasteiger partial charge >= 0.3 is 0 Å². The van der Waals surface area contributed by atoms with Crippen LogP contribution in [0.3, 0.4) is 0 Å². The van der Waals surface area contributed by atoms with E-state index in [2.05, 4.69) is 32.7 Å². The average molecular weight is 183 g/mol. The van der Waals surface area contributed by atoms with Crippen molar-refractivity contribution in [1.82, 2.24) is 5.32 Å². The Balaban J connectivity index is 2.25. The van der Waals surface area contributed by atoms with Gasteiger partial charge in [-0.05, 0) is 40.2 Å². The SMILES string of the molecule is C=C1CCNC(COC(C)(C)C)C1. The fourth-order valence-electron chi connectivity index (χ4n) is 1.44. The Bertz CT molecular complexity index is 181. The quantitative estimate of drug-likeness (QED) is 0.662. The van der Waals surface area contributed by atoms with Crippen LogP contribution in [0.15, 0.2) is 12.2 Å². The summed E-state index contributed by atoms with van der Waals surface area (Å²) in [5.74, 6) is 0. The Morgan fingerprint density at radius 1 is 1.54 bits per heavy atom. The molecule has 1 heterocycles. The van der Waals surface area contributed by atoms with Crippen LogP contribution in [0, 0.1) is 0 Å². The van der Waals surface area contributed by atoms with E-state index in [0.29, 0.717) is 6.04 Å². The first kappa shape index (κ1) is 10.7. The van der Waals surface area contributed by atoms with Crippen molar-refractivity contribution in [3.63, 3.8) is 0 Å². The lowest BCUT2D eigenvalue weighted by Gasteiger charge is -2.28. The van der Waals surface area contributed by atoms with E-state index in [1.807, 2.05) is 0 Å². The van der Waals surface area contributed by atoms with Crippen LogP contribution < -0.4 is 5.32 Å². The molecule has 1 N–H and O–H groups in total. The summed E-state index contributed by atoms with van der Waals surface area (Å²) in [6, 6.07) is 0.473. The van der Waals surface area contributed by atoms with E-state index in [1.165, 1.54) is 5.57 Å². The molecule has 76 valence electrons. The first-order valence-corrected chi connectivity index (χ1v) is 5.01. The van der Waals surface area contributed by atoms with Crippen LogP contribution in [0.4, 0.5) is 0 Å². The minimum Gasteiger partial charge on any atom is -0.374 e. The zero-order valence-corrected chi connectivity index (χ0v) is 9.02. The Hall–Kier alpha value is -0.340. The van der Waals surface area contributed by atoms with Crippen molar-refractivity contribution in [2.45, 2.75) is 45.3 Å². The highest BCUT2D eigenvalue weighted by molar-refractivity contribution is 5.02. The molecule has 1 saturated heterocycles. The van der Waals surface area contributed by atoms with Crippen molar-refractivity contribution in [3.8, 4) is 0 Å². The fourth-order valence-corrected chi connectivity index (χ4v) is 1.44. The van der Waals surface area contributed by atoms with Gasteiger partial charge in [0.2, 0.25) is 0 Å². The summed E-state index contributed by atoms with van der Waals surface area (Å²) in [5.41, 5.74) is 1.32. The molecule has 1 atom stereocenters. The molecule has 0 spiro atoms. The van der Waals surface area contributed by atoms with Gasteiger partial charge in [0.05, 0.1) is 12.2 Å². The monoisotopic (exact) mass is 183 g/mol. The van der Waals surface area contributed by atoms with Crippen LogP contribution in [-0.2, 0) is 4.74 Å². The lowest BCUT2D eigenvalue weighted by Crippen LogP contribution is -2.40. The van der Waals surface area contributed by atoms with Gasteiger partial charge in [-0.25, -0.2) is 0 Å². The number of hydrogen-bond donors (Lipinski definition) is 1. The summed E-state index contributed by atoms with van der Waals surface area (Å²) in [6.07, 6.45) is 2.18. The van der Waals surface area contributed by atoms with Crippen LogP contribution in [0.25, 0.3) is 0 Å². The maximum absolute atomic E-state index is 5.71. The molecule has 1 aliphatic heterocycles. The number of piperidine rings is 1. The van der Waals surface area contributed by atoms with Gasteiger partial charge in [-0.2, -0.15) is 0 Å². The third-order valence-corrected chi connectivity index (χ3v) is 2.16. The standard InChI is InChI=1S/C11H21NO/c1-9-5-6-12-10(7-9)8-13-11(2,3)4/h10,12H,1,5-8H2,2-4H3. The predicted molar refractivity (Wildman–Crippen MR) is 55.9 cm³/mol. The van der Waals surface area contributed by atoms with Gasteiger partial charge in [-0.1, -0.05) is 12.2 Å². The largest absolute Gasteiger partial charge is 0.374 e. The molecule has 0 amide bonds. The Morgan fingerprint density at radius 3 is 2.77 bits per heavy atom. The highest BCUT2D eigenvalue weighted by Gasteiger charge is 2.18. The Labute approximate surface area is 81.4 Å². The van der Waals surface area contributed by atoms with Crippen LogP contribution in [-0.4, -0.2) is 24.8 Å². The highest BCUT2D eigenvalue weighted by Crippen LogP contribution is 2.15. The lowest BCUT2D eigenvalue weighted by molar-refractivity contribution is -0.0154. The molecule has 1 aliphatic rings. The van der Waals surface area contributed by atoms with E-state index in [-0.39, 0.29) is 5.60 Å². The van der Waals surface area contributed by atoms with E-state index in [9.17, 15) is 0 Å². The van der Waals surface area contributed by atoms with Crippen LogP contribution in [0.1, 0.15) is 33.6 Å². The summed E-state index contributed by atoms with van der Waals surface area (Å²) < 4.78 is 5.71. The number of ether oxygens (including phenoxy) is 1. The molecule has 1 fully saturated rings. The molecule has 0 aliphatic carbocycles. The van der Waals surface area contributed by atoms with Gasteiger partial charge < -0.3 is 10.1 Å². The molecule has 0 bridgehead atoms. The maximum atomic E-state index is 5.71. The first-order chi connectivity index (χ1) is 5.97. The second kappa shape index (κ2) is 4.25. The van der Waals surface area contributed by atoms with Gasteiger partial charge in [-0.3, -0.25) is 0 Å². The molecule has 0 aromatic rings. The molecule has 0 aromatic heterocycles. The third kappa shape index (κ3) is 4.44. The predicted octanol–water partition coefficient (Wildman–Crippen LogP) is 2.11. The normalized spacial score (nSPS) is 24.8. The van der Waals surface area contributed by atoms with Crippen molar-refractivity contribution in [1.29, 1.82) is 0 Å². The second-order valence-corrected chi connectivity index (χ2v) is 4.78. The highest BCUT2D eigenvalue weighted by atomic mass is 16.5. The zero-order chi connectivity index (χ0) is 9.90. The van der Waals surface area contributed by atoms with E-state index in [4.69, 9.17) is 4.74 Å². The molecular weight excluding hydrogens is 162 g/mol. The van der Waals surface area contributed by atoms with E-state index in [0.717, 1.165) is 26.0 Å². The molecule has 13 heavy (non-hydrogen) atoms. The molecule has 0 radical (unpaired) electrons. The summed E-state index contributed by atoms with van der Waals surface area (Å²) in [6.45, 7) is 12.1. The summed E-state index contributed by atoms with van der Waals surface area (Å²) in [5, 5.41) is 3.44. The second-order valence-electron chi connectivity index (χ2n) is 4.78. The van der Waals surface area contributed by atoms with Gasteiger partial charge in [0.1, 0.15) is 0 Å². The molecule has 0 aromatic carbocycles. The number of nitrogens with one attached hydrogen (secondary N) is 1. The lowest BCUT2D eigenvalue weighted by atomic mass is 10.0. The van der Waals surface area contributed by atoms with Gasteiger partial charge in [0.25, 0.3) is 0 Å². The maximum Gasteiger partial charge on any atom is 0.0629 e. The molecule has 1 rings (SSSR count). The number of rotatable bonds is 2. The smallest absolute Gasteiger partial charge is 0.0629 e. The third-order valence-electron chi connectivity index (χ3n) is 2.16. The molecular formula is C11H21NO. The van der Waals surface area contributed by atoms with Crippen molar-refractivity contribution < 1.29 is 4.74 Å². The van der Waals surface area contributed by atoms with Crippen molar-refractivity contribution in [3.05, 3.63) is 12.2 Å². The van der Waals surface area contributed by atoms with E-state index < -0.39 is 0 Å².